The molecule has 0 aromatic carbocycles. The van der Waals surface area contributed by atoms with Crippen LogP contribution in [0.3, 0.4) is 0 Å². The Kier molecular flexibility index (Phi) is 7.08. The fourth-order valence-electron chi connectivity index (χ4n) is 3.55. The van der Waals surface area contributed by atoms with Crippen LogP contribution in [0, 0.1) is 6.92 Å². The predicted molar refractivity (Wildman–Crippen MR) is 114 cm³/mol. The van der Waals surface area contributed by atoms with E-state index in [1.54, 1.807) is 38.1 Å². The third kappa shape index (κ3) is 5.05. The minimum absolute atomic E-state index is 0.0935. The molecule has 7 nitrogen and oxygen atoms in total. The highest BCUT2D eigenvalue weighted by atomic mass is 35.5. The van der Waals surface area contributed by atoms with Crippen molar-refractivity contribution in [3.63, 3.8) is 0 Å². The molecule has 2 aromatic rings. The van der Waals surface area contributed by atoms with Gasteiger partial charge >= 0.3 is 5.97 Å². The van der Waals surface area contributed by atoms with Gasteiger partial charge in [0.05, 0.1) is 5.69 Å². The second-order valence-electron chi connectivity index (χ2n) is 7.14. The molecule has 0 N–H and O–H groups in total. The zero-order valence-electron chi connectivity index (χ0n) is 16.8. The summed E-state index contributed by atoms with van der Waals surface area (Å²) >= 11 is 7.59. The van der Waals surface area contributed by atoms with E-state index in [0.29, 0.717) is 21.5 Å². The largest absolute Gasteiger partial charge is 0.449 e. The standard InChI is InChI=1S/C20H25ClN4O3S/c1-13-16(18(21)24(3)23-13)9-10-17(26)28-14(2)19(27)25(20-22-11-12-29-20)15-7-5-4-6-8-15/h9-12,14-15H,4-8H2,1-3H3/b10-9+. The zero-order chi connectivity index (χ0) is 21.0. The number of hydrogen-bond acceptors (Lipinski definition) is 6. The molecule has 1 aliphatic carbocycles. The van der Waals surface area contributed by atoms with Gasteiger partial charge in [0.2, 0.25) is 0 Å². The van der Waals surface area contributed by atoms with Gasteiger partial charge in [-0.15, -0.1) is 11.3 Å². The van der Waals surface area contributed by atoms with E-state index in [9.17, 15) is 9.59 Å². The topological polar surface area (TPSA) is 77.3 Å². The second-order valence-corrected chi connectivity index (χ2v) is 8.37. The van der Waals surface area contributed by atoms with Gasteiger partial charge in [0.1, 0.15) is 5.15 Å². The van der Waals surface area contributed by atoms with Crippen molar-refractivity contribution in [1.82, 2.24) is 14.8 Å². The molecule has 1 saturated carbocycles. The zero-order valence-corrected chi connectivity index (χ0v) is 18.4. The SMILES string of the molecule is Cc1nn(C)c(Cl)c1/C=C/C(=O)OC(C)C(=O)N(c1nccs1)C1CCCCC1. The van der Waals surface area contributed by atoms with Gasteiger partial charge in [0.25, 0.3) is 5.91 Å². The number of halogens is 1. The molecule has 1 aliphatic rings. The number of rotatable bonds is 6. The molecule has 156 valence electrons. The van der Waals surface area contributed by atoms with Crippen molar-refractivity contribution >= 4 is 46.0 Å². The maximum Gasteiger partial charge on any atom is 0.331 e. The summed E-state index contributed by atoms with van der Waals surface area (Å²) in [6, 6.07) is 0.0935. The Labute approximate surface area is 179 Å². The van der Waals surface area contributed by atoms with Gasteiger partial charge in [-0.25, -0.2) is 9.78 Å². The highest BCUT2D eigenvalue weighted by Crippen LogP contribution is 2.29. The summed E-state index contributed by atoms with van der Waals surface area (Å²) in [6.45, 7) is 3.40. The van der Waals surface area contributed by atoms with Crippen LogP contribution in [0.5, 0.6) is 0 Å². The van der Waals surface area contributed by atoms with E-state index in [0.717, 1.165) is 25.7 Å². The monoisotopic (exact) mass is 436 g/mol. The lowest BCUT2D eigenvalue weighted by Crippen LogP contribution is -2.47. The Balaban J connectivity index is 1.69. The minimum Gasteiger partial charge on any atom is -0.449 e. The van der Waals surface area contributed by atoms with Crippen LogP contribution in [-0.4, -0.2) is 38.8 Å². The van der Waals surface area contributed by atoms with E-state index in [-0.39, 0.29) is 11.9 Å². The van der Waals surface area contributed by atoms with E-state index in [2.05, 4.69) is 10.1 Å². The fourth-order valence-corrected chi connectivity index (χ4v) is 4.51. The molecule has 3 rings (SSSR count). The molecule has 1 unspecified atom stereocenters. The normalized spacial score (nSPS) is 16.1. The molecule has 1 fully saturated rings. The third-order valence-corrected chi connectivity index (χ3v) is 6.24. The Bertz CT molecular complexity index is 888. The first-order chi connectivity index (χ1) is 13.9. The number of carbonyl (C=O) groups excluding carboxylic acids is 2. The second kappa shape index (κ2) is 9.54. The summed E-state index contributed by atoms with van der Waals surface area (Å²) < 4.78 is 6.91. The molecule has 0 spiro atoms. The summed E-state index contributed by atoms with van der Waals surface area (Å²) in [5, 5.41) is 7.13. The number of aryl methyl sites for hydroxylation is 2. The van der Waals surface area contributed by atoms with Crippen LogP contribution >= 0.6 is 22.9 Å². The predicted octanol–water partition coefficient (Wildman–Crippen LogP) is 4.15. The van der Waals surface area contributed by atoms with E-state index >= 15 is 0 Å². The van der Waals surface area contributed by atoms with Crippen LogP contribution in [0.2, 0.25) is 5.15 Å². The summed E-state index contributed by atoms with van der Waals surface area (Å²) in [5.74, 6) is -0.850. The lowest BCUT2D eigenvalue weighted by molar-refractivity contribution is -0.149. The number of anilines is 1. The molecular weight excluding hydrogens is 412 g/mol. The Morgan fingerprint density at radius 3 is 2.69 bits per heavy atom. The van der Waals surface area contributed by atoms with Crippen LogP contribution in [0.4, 0.5) is 5.13 Å². The molecule has 0 saturated heterocycles. The number of aromatic nitrogens is 3. The van der Waals surface area contributed by atoms with E-state index in [1.165, 1.54) is 28.5 Å². The number of esters is 1. The summed E-state index contributed by atoms with van der Waals surface area (Å²) in [7, 11) is 1.73. The van der Waals surface area contributed by atoms with Gasteiger partial charge in [-0.2, -0.15) is 5.10 Å². The maximum absolute atomic E-state index is 13.1. The highest BCUT2D eigenvalue weighted by molar-refractivity contribution is 7.13. The smallest absolute Gasteiger partial charge is 0.331 e. The van der Waals surface area contributed by atoms with Crippen LogP contribution in [0.15, 0.2) is 17.7 Å². The van der Waals surface area contributed by atoms with Crippen molar-refractivity contribution in [2.75, 3.05) is 4.90 Å². The third-order valence-electron chi connectivity index (χ3n) is 5.03. The maximum atomic E-state index is 13.1. The molecule has 0 radical (unpaired) electrons. The Morgan fingerprint density at radius 2 is 2.10 bits per heavy atom. The minimum atomic E-state index is -0.913. The highest BCUT2D eigenvalue weighted by Gasteiger charge is 2.32. The number of carbonyl (C=O) groups is 2. The van der Waals surface area contributed by atoms with E-state index in [1.807, 2.05) is 5.38 Å². The molecular formula is C20H25ClN4O3S. The van der Waals surface area contributed by atoms with Crippen molar-refractivity contribution in [3.8, 4) is 0 Å². The van der Waals surface area contributed by atoms with Crippen molar-refractivity contribution in [1.29, 1.82) is 0 Å². The first kappa shape index (κ1) is 21.5. The van der Waals surface area contributed by atoms with Crippen molar-refractivity contribution in [3.05, 3.63) is 34.1 Å². The number of thiazole rings is 1. The number of ether oxygens (including phenoxy) is 1. The first-order valence-electron chi connectivity index (χ1n) is 9.69. The van der Waals surface area contributed by atoms with E-state index in [4.69, 9.17) is 16.3 Å². The van der Waals surface area contributed by atoms with Gasteiger partial charge < -0.3 is 4.74 Å². The van der Waals surface area contributed by atoms with Crippen molar-refractivity contribution < 1.29 is 14.3 Å². The lowest BCUT2D eigenvalue weighted by atomic mass is 9.94. The molecule has 2 aromatic heterocycles. The first-order valence-corrected chi connectivity index (χ1v) is 10.9. The van der Waals surface area contributed by atoms with Crippen LogP contribution in [0.25, 0.3) is 6.08 Å². The molecule has 1 amide bonds. The van der Waals surface area contributed by atoms with Crippen molar-refractivity contribution in [2.45, 2.75) is 58.1 Å². The van der Waals surface area contributed by atoms with Crippen LogP contribution in [-0.2, 0) is 21.4 Å². The average Bonchev–Trinajstić information content (AvgIpc) is 3.30. The molecule has 1 atom stereocenters. The van der Waals surface area contributed by atoms with Gasteiger partial charge in [-0.3, -0.25) is 14.4 Å². The Hall–Kier alpha value is -2.19. The number of hydrogen-bond donors (Lipinski definition) is 0. The molecule has 2 heterocycles. The van der Waals surface area contributed by atoms with E-state index < -0.39 is 12.1 Å². The number of nitrogens with zero attached hydrogens (tertiary/aromatic N) is 4. The molecule has 0 aliphatic heterocycles. The van der Waals surface area contributed by atoms with Gasteiger partial charge in [0, 0.05) is 36.3 Å². The molecule has 29 heavy (non-hydrogen) atoms. The van der Waals surface area contributed by atoms with Gasteiger partial charge in [0.15, 0.2) is 11.2 Å². The number of amides is 1. The van der Waals surface area contributed by atoms with Gasteiger partial charge in [-0.1, -0.05) is 30.9 Å². The Morgan fingerprint density at radius 1 is 1.38 bits per heavy atom. The lowest BCUT2D eigenvalue weighted by Gasteiger charge is -2.33. The molecule has 9 heteroatoms. The van der Waals surface area contributed by atoms with Crippen LogP contribution < -0.4 is 4.90 Å². The fraction of sp³-hybridized carbons (Fsp3) is 0.500. The summed E-state index contributed by atoms with van der Waals surface area (Å²) in [6.07, 6.45) is 8.82. The average molecular weight is 437 g/mol. The molecule has 0 bridgehead atoms. The van der Waals surface area contributed by atoms with Gasteiger partial charge in [-0.05, 0) is 32.8 Å². The quantitative estimate of drug-likeness (QED) is 0.502. The van der Waals surface area contributed by atoms with Crippen molar-refractivity contribution in [2.24, 2.45) is 7.05 Å². The van der Waals surface area contributed by atoms with Crippen LogP contribution in [0.1, 0.15) is 50.3 Å². The summed E-state index contributed by atoms with van der Waals surface area (Å²) in [4.78, 5) is 31.4. The summed E-state index contributed by atoms with van der Waals surface area (Å²) in [5.41, 5.74) is 1.36.